The molecule has 0 saturated heterocycles. The Balaban J connectivity index is 2.02. The lowest BCUT2D eigenvalue weighted by atomic mass is 10.1. The molecule has 0 aliphatic heterocycles. The van der Waals surface area contributed by atoms with E-state index in [0.717, 1.165) is 0 Å². The minimum absolute atomic E-state index is 0.140. The molecule has 0 aliphatic rings. The van der Waals surface area contributed by atoms with Gasteiger partial charge in [0.05, 0.1) is 24.3 Å². The van der Waals surface area contributed by atoms with E-state index in [9.17, 15) is 9.59 Å². The van der Waals surface area contributed by atoms with Crippen molar-refractivity contribution in [3.05, 3.63) is 59.7 Å². The Kier molecular flexibility index (Phi) is 6.71. The van der Waals surface area contributed by atoms with Crippen LogP contribution in [0.5, 0.6) is 0 Å². The summed E-state index contributed by atoms with van der Waals surface area (Å²) in [6.07, 6.45) is 0. The molecule has 26 heavy (non-hydrogen) atoms. The summed E-state index contributed by atoms with van der Waals surface area (Å²) in [6, 6.07) is 14.7. The van der Waals surface area contributed by atoms with Gasteiger partial charge in [0.1, 0.15) is 0 Å². The lowest BCUT2D eigenvalue weighted by Crippen LogP contribution is -2.38. The average molecular weight is 352 g/mol. The van der Waals surface area contributed by atoms with Gasteiger partial charge in [-0.2, -0.15) is 5.26 Å². The van der Waals surface area contributed by atoms with Gasteiger partial charge in [0.25, 0.3) is 5.91 Å². The topological polar surface area (TPSA) is 103 Å². The number of urea groups is 1. The molecule has 134 valence electrons. The number of carbonyl (C=O) groups excluding carboxylic acids is 2. The van der Waals surface area contributed by atoms with Crippen LogP contribution in [0.3, 0.4) is 0 Å². The van der Waals surface area contributed by atoms with Crippen molar-refractivity contribution in [2.75, 3.05) is 24.4 Å². The first-order valence-corrected chi connectivity index (χ1v) is 8.00. The number of hydrogen-bond donors (Lipinski definition) is 3. The minimum Gasteiger partial charge on any atom is -0.383 e. The first-order chi connectivity index (χ1) is 12.5. The van der Waals surface area contributed by atoms with Crippen LogP contribution in [0.4, 0.5) is 16.2 Å². The molecule has 2 aromatic carbocycles. The van der Waals surface area contributed by atoms with Crippen LogP contribution in [0.15, 0.2) is 48.5 Å². The number of rotatable bonds is 6. The molecule has 0 saturated carbocycles. The fourth-order valence-corrected chi connectivity index (χ4v) is 2.29. The number of ether oxygens (including phenoxy) is 1. The van der Waals surface area contributed by atoms with E-state index in [-0.39, 0.29) is 18.0 Å². The van der Waals surface area contributed by atoms with E-state index in [1.54, 1.807) is 55.6 Å². The van der Waals surface area contributed by atoms with Gasteiger partial charge in [-0.1, -0.05) is 12.1 Å². The highest BCUT2D eigenvalue weighted by Gasteiger charge is 2.10. The zero-order valence-corrected chi connectivity index (χ0v) is 14.6. The van der Waals surface area contributed by atoms with Crippen molar-refractivity contribution in [1.82, 2.24) is 5.32 Å². The summed E-state index contributed by atoms with van der Waals surface area (Å²) in [7, 11) is 1.56. The van der Waals surface area contributed by atoms with Crippen LogP contribution in [0.1, 0.15) is 22.8 Å². The van der Waals surface area contributed by atoms with Gasteiger partial charge in [-0.3, -0.25) is 4.79 Å². The number of methoxy groups -OCH3 is 1. The van der Waals surface area contributed by atoms with Gasteiger partial charge in [-0.15, -0.1) is 0 Å². The maximum absolute atomic E-state index is 12.4. The van der Waals surface area contributed by atoms with Crippen molar-refractivity contribution >= 4 is 23.3 Å². The number of nitrogens with zero attached hydrogens (tertiary/aromatic N) is 1. The van der Waals surface area contributed by atoms with Crippen molar-refractivity contribution < 1.29 is 14.3 Å². The molecule has 3 N–H and O–H groups in total. The lowest BCUT2D eigenvalue weighted by Gasteiger charge is -2.14. The quantitative estimate of drug-likeness (QED) is 0.743. The van der Waals surface area contributed by atoms with Crippen LogP contribution >= 0.6 is 0 Å². The summed E-state index contributed by atoms with van der Waals surface area (Å²) in [6.45, 7) is 2.22. The third-order valence-electron chi connectivity index (χ3n) is 3.43. The van der Waals surface area contributed by atoms with E-state index in [0.29, 0.717) is 29.1 Å². The molecule has 0 aromatic heterocycles. The van der Waals surface area contributed by atoms with Gasteiger partial charge in [-0.05, 0) is 43.3 Å². The molecule has 2 aromatic rings. The van der Waals surface area contributed by atoms with Gasteiger partial charge >= 0.3 is 6.03 Å². The second-order valence-electron chi connectivity index (χ2n) is 5.68. The SMILES string of the molecule is COCC(C)NC(=O)Nc1cccc(C(=O)Nc2cccc(C#N)c2)c1. The highest BCUT2D eigenvalue weighted by Crippen LogP contribution is 2.15. The Morgan fingerprint density at radius 3 is 2.50 bits per heavy atom. The second-order valence-corrected chi connectivity index (χ2v) is 5.68. The zero-order chi connectivity index (χ0) is 18.9. The van der Waals surface area contributed by atoms with E-state index < -0.39 is 0 Å². The Morgan fingerprint density at radius 1 is 1.12 bits per heavy atom. The molecule has 1 unspecified atom stereocenters. The minimum atomic E-state index is -0.381. The van der Waals surface area contributed by atoms with Gasteiger partial charge in [0.2, 0.25) is 0 Å². The molecule has 3 amide bonds. The summed E-state index contributed by atoms with van der Waals surface area (Å²) in [5, 5.41) is 17.0. The van der Waals surface area contributed by atoms with Crippen LogP contribution in [0.2, 0.25) is 0 Å². The number of benzene rings is 2. The average Bonchev–Trinajstić information content (AvgIpc) is 2.62. The highest BCUT2D eigenvalue weighted by atomic mass is 16.5. The lowest BCUT2D eigenvalue weighted by molar-refractivity contribution is 0.102. The Bertz CT molecular complexity index is 830. The predicted octanol–water partition coefficient (Wildman–Crippen LogP) is 2.97. The van der Waals surface area contributed by atoms with E-state index in [4.69, 9.17) is 10.00 Å². The molecule has 7 nitrogen and oxygen atoms in total. The molecule has 0 spiro atoms. The van der Waals surface area contributed by atoms with Crippen LogP contribution < -0.4 is 16.0 Å². The number of carbonyl (C=O) groups is 2. The van der Waals surface area contributed by atoms with E-state index in [1.807, 2.05) is 13.0 Å². The first-order valence-electron chi connectivity index (χ1n) is 8.00. The summed E-state index contributed by atoms with van der Waals surface area (Å²) in [5.41, 5.74) is 1.86. The molecule has 2 rings (SSSR count). The highest BCUT2D eigenvalue weighted by molar-refractivity contribution is 6.05. The van der Waals surface area contributed by atoms with Gasteiger partial charge in [0.15, 0.2) is 0 Å². The number of nitrogens with one attached hydrogen (secondary N) is 3. The Morgan fingerprint density at radius 2 is 1.81 bits per heavy atom. The number of anilines is 2. The van der Waals surface area contributed by atoms with Crippen molar-refractivity contribution in [3.8, 4) is 6.07 Å². The number of nitriles is 1. The molecule has 0 fully saturated rings. The normalized spacial score (nSPS) is 11.1. The fourth-order valence-electron chi connectivity index (χ4n) is 2.29. The maximum Gasteiger partial charge on any atom is 0.319 e. The molecule has 1 atom stereocenters. The van der Waals surface area contributed by atoms with Gasteiger partial charge < -0.3 is 20.7 Å². The third-order valence-corrected chi connectivity index (χ3v) is 3.43. The number of hydrogen-bond acceptors (Lipinski definition) is 4. The molecule has 0 bridgehead atoms. The van der Waals surface area contributed by atoms with E-state index >= 15 is 0 Å². The largest absolute Gasteiger partial charge is 0.383 e. The van der Waals surface area contributed by atoms with Crippen LogP contribution in [-0.4, -0.2) is 31.7 Å². The molecular formula is C19H20N4O3. The molecular weight excluding hydrogens is 332 g/mol. The van der Waals surface area contributed by atoms with E-state index in [1.165, 1.54) is 0 Å². The maximum atomic E-state index is 12.4. The summed E-state index contributed by atoms with van der Waals surface area (Å²) < 4.78 is 4.96. The third kappa shape index (κ3) is 5.61. The van der Waals surface area contributed by atoms with Crippen molar-refractivity contribution in [1.29, 1.82) is 5.26 Å². The van der Waals surface area contributed by atoms with Crippen LogP contribution in [-0.2, 0) is 4.74 Å². The van der Waals surface area contributed by atoms with Crippen LogP contribution in [0, 0.1) is 11.3 Å². The molecule has 0 radical (unpaired) electrons. The Labute approximate surface area is 152 Å². The second kappa shape index (κ2) is 9.20. The first kappa shape index (κ1) is 19.0. The molecule has 7 heteroatoms. The predicted molar refractivity (Wildman–Crippen MR) is 99.0 cm³/mol. The van der Waals surface area contributed by atoms with Gasteiger partial charge in [-0.25, -0.2) is 4.79 Å². The summed E-state index contributed by atoms with van der Waals surface area (Å²) in [5.74, 6) is -0.336. The van der Waals surface area contributed by atoms with Crippen LogP contribution in [0.25, 0.3) is 0 Å². The molecule has 0 aliphatic carbocycles. The summed E-state index contributed by atoms with van der Waals surface area (Å²) >= 11 is 0. The van der Waals surface area contributed by atoms with Crippen molar-refractivity contribution in [2.24, 2.45) is 0 Å². The molecule has 0 heterocycles. The van der Waals surface area contributed by atoms with Gasteiger partial charge in [0, 0.05) is 24.0 Å². The summed E-state index contributed by atoms with van der Waals surface area (Å²) in [4.78, 5) is 24.3. The number of amides is 3. The van der Waals surface area contributed by atoms with Crippen molar-refractivity contribution in [2.45, 2.75) is 13.0 Å². The zero-order valence-electron chi connectivity index (χ0n) is 14.6. The van der Waals surface area contributed by atoms with Crippen molar-refractivity contribution in [3.63, 3.8) is 0 Å². The van der Waals surface area contributed by atoms with E-state index in [2.05, 4.69) is 16.0 Å². The fraction of sp³-hybridized carbons (Fsp3) is 0.211. The smallest absolute Gasteiger partial charge is 0.319 e. The monoisotopic (exact) mass is 352 g/mol. The Hall–Kier alpha value is -3.37. The standard InChI is InChI=1S/C19H20N4O3/c1-13(12-26-2)21-19(25)23-17-8-4-6-15(10-17)18(24)22-16-7-3-5-14(9-16)11-20/h3-10,13H,12H2,1-2H3,(H,22,24)(H2,21,23,25).